The summed E-state index contributed by atoms with van der Waals surface area (Å²) in [6, 6.07) is 7.67. The molecular formula is C15H23N3O. The number of nitrogens with two attached hydrogens (primary N) is 1. The maximum atomic E-state index is 12.0. The minimum atomic E-state index is -0.0413. The molecule has 0 bridgehead atoms. The summed E-state index contributed by atoms with van der Waals surface area (Å²) in [5.74, 6) is 0.691. The van der Waals surface area contributed by atoms with Gasteiger partial charge in [0.1, 0.15) is 0 Å². The zero-order chi connectivity index (χ0) is 13.8. The number of carbonyl (C=O) groups is 1. The number of carbonyl (C=O) groups excluding carboxylic acids is 1. The van der Waals surface area contributed by atoms with E-state index in [1.54, 1.807) is 4.90 Å². The van der Waals surface area contributed by atoms with E-state index in [2.05, 4.69) is 5.32 Å². The second-order valence-corrected chi connectivity index (χ2v) is 5.52. The normalized spacial score (nSPS) is 16.6. The fourth-order valence-corrected chi connectivity index (χ4v) is 2.23. The van der Waals surface area contributed by atoms with E-state index >= 15 is 0 Å². The predicted octanol–water partition coefficient (Wildman–Crippen LogP) is 2.97. The van der Waals surface area contributed by atoms with Gasteiger partial charge in [-0.15, -0.1) is 0 Å². The van der Waals surface area contributed by atoms with Gasteiger partial charge in [0.05, 0.1) is 0 Å². The minimum absolute atomic E-state index is 0.0195. The van der Waals surface area contributed by atoms with Gasteiger partial charge in [-0.05, 0) is 43.4 Å². The SMILES string of the molecule is CC(N)c1ccc(NC(=O)N(C)CC2CCC2)cc1. The zero-order valence-electron chi connectivity index (χ0n) is 11.7. The summed E-state index contributed by atoms with van der Waals surface area (Å²) in [7, 11) is 1.85. The first-order chi connectivity index (χ1) is 9.06. The Balaban J connectivity index is 1.86. The quantitative estimate of drug-likeness (QED) is 0.875. The van der Waals surface area contributed by atoms with Crippen LogP contribution in [-0.4, -0.2) is 24.5 Å². The van der Waals surface area contributed by atoms with Gasteiger partial charge in [-0.25, -0.2) is 4.79 Å². The molecule has 1 saturated carbocycles. The summed E-state index contributed by atoms with van der Waals surface area (Å²) in [5, 5.41) is 2.91. The van der Waals surface area contributed by atoms with Crippen molar-refractivity contribution in [2.45, 2.75) is 32.2 Å². The number of anilines is 1. The van der Waals surface area contributed by atoms with Crippen molar-refractivity contribution >= 4 is 11.7 Å². The summed E-state index contributed by atoms with van der Waals surface area (Å²) in [4.78, 5) is 13.8. The van der Waals surface area contributed by atoms with E-state index in [9.17, 15) is 4.79 Å². The lowest BCUT2D eigenvalue weighted by Crippen LogP contribution is -2.37. The number of hydrogen-bond acceptors (Lipinski definition) is 2. The van der Waals surface area contributed by atoms with Crippen LogP contribution < -0.4 is 11.1 Å². The van der Waals surface area contributed by atoms with Gasteiger partial charge in [-0.2, -0.15) is 0 Å². The third-order valence-electron chi connectivity index (χ3n) is 3.79. The average molecular weight is 261 g/mol. The second kappa shape index (κ2) is 6.06. The van der Waals surface area contributed by atoms with Gasteiger partial charge in [0.25, 0.3) is 0 Å². The molecule has 4 heteroatoms. The predicted molar refractivity (Wildman–Crippen MR) is 78.0 cm³/mol. The molecule has 1 atom stereocenters. The lowest BCUT2D eigenvalue weighted by molar-refractivity contribution is 0.194. The van der Waals surface area contributed by atoms with Gasteiger partial charge in [-0.3, -0.25) is 0 Å². The first-order valence-corrected chi connectivity index (χ1v) is 6.94. The van der Waals surface area contributed by atoms with Crippen molar-refractivity contribution in [2.75, 3.05) is 18.9 Å². The molecule has 1 fully saturated rings. The van der Waals surface area contributed by atoms with E-state index < -0.39 is 0 Å². The van der Waals surface area contributed by atoms with Crippen molar-refractivity contribution in [1.82, 2.24) is 4.90 Å². The van der Waals surface area contributed by atoms with Crippen LogP contribution in [0.25, 0.3) is 0 Å². The maximum Gasteiger partial charge on any atom is 0.321 e. The summed E-state index contributed by atoms with van der Waals surface area (Å²) < 4.78 is 0. The van der Waals surface area contributed by atoms with Crippen LogP contribution in [0.4, 0.5) is 10.5 Å². The average Bonchev–Trinajstić information content (AvgIpc) is 2.34. The Labute approximate surface area is 115 Å². The molecule has 0 spiro atoms. The Bertz CT molecular complexity index is 424. The highest BCUT2D eigenvalue weighted by molar-refractivity contribution is 5.89. The van der Waals surface area contributed by atoms with Crippen molar-refractivity contribution in [2.24, 2.45) is 11.7 Å². The summed E-state index contributed by atoms with van der Waals surface area (Å²) in [6.45, 7) is 2.80. The number of hydrogen-bond donors (Lipinski definition) is 2. The van der Waals surface area contributed by atoms with Crippen LogP contribution in [0.5, 0.6) is 0 Å². The maximum absolute atomic E-state index is 12.0. The first-order valence-electron chi connectivity index (χ1n) is 6.94. The molecule has 1 aromatic carbocycles. The van der Waals surface area contributed by atoms with E-state index in [0.29, 0.717) is 5.92 Å². The van der Waals surface area contributed by atoms with Crippen LogP contribution in [0.1, 0.15) is 37.8 Å². The van der Waals surface area contributed by atoms with Crippen LogP contribution in [0.3, 0.4) is 0 Å². The fraction of sp³-hybridized carbons (Fsp3) is 0.533. The van der Waals surface area contributed by atoms with Crippen LogP contribution in [0.2, 0.25) is 0 Å². The molecule has 104 valence electrons. The molecule has 1 aliphatic rings. The molecule has 4 nitrogen and oxygen atoms in total. The number of nitrogens with one attached hydrogen (secondary N) is 1. The van der Waals surface area contributed by atoms with E-state index in [1.807, 2.05) is 38.2 Å². The molecule has 1 unspecified atom stereocenters. The third kappa shape index (κ3) is 3.70. The largest absolute Gasteiger partial charge is 0.327 e. The lowest BCUT2D eigenvalue weighted by Gasteiger charge is -2.30. The van der Waals surface area contributed by atoms with E-state index in [4.69, 9.17) is 5.73 Å². The Morgan fingerprint density at radius 1 is 1.42 bits per heavy atom. The Kier molecular flexibility index (Phi) is 4.43. The molecular weight excluding hydrogens is 238 g/mol. The first kappa shape index (κ1) is 13.9. The van der Waals surface area contributed by atoms with Gasteiger partial charge in [0.15, 0.2) is 0 Å². The van der Waals surface area contributed by atoms with E-state index in [-0.39, 0.29) is 12.1 Å². The minimum Gasteiger partial charge on any atom is -0.327 e. The Morgan fingerprint density at radius 3 is 2.53 bits per heavy atom. The molecule has 0 aromatic heterocycles. The van der Waals surface area contributed by atoms with Crippen molar-refractivity contribution in [3.8, 4) is 0 Å². The molecule has 3 N–H and O–H groups in total. The highest BCUT2D eigenvalue weighted by Crippen LogP contribution is 2.26. The number of rotatable bonds is 4. The van der Waals surface area contributed by atoms with Crippen LogP contribution >= 0.6 is 0 Å². The molecule has 0 aliphatic heterocycles. The van der Waals surface area contributed by atoms with Crippen molar-refractivity contribution in [1.29, 1.82) is 0 Å². The fourth-order valence-electron chi connectivity index (χ4n) is 2.23. The van der Waals surface area contributed by atoms with Gasteiger partial charge in [-0.1, -0.05) is 18.6 Å². The topological polar surface area (TPSA) is 58.4 Å². The van der Waals surface area contributed by atoms with E-state index in [0.717, 1.165) is 17.8 Å². The highest BCUT2D eigenvalue weighted by atomic mass is 16.2. The molecule has 2 amide bonds. The third-order valence-corrected chi connectivity index (χ3v) is 3.79. The summed E-state index contributed by atoms with van der Waals surface area (Å²) >= 11 is 0. The van der Waals surface area contributed by atoms with Crippen LogP contribution in [0.15, 0.2) is 24.3 Å². The van der Waals surface area contributed by atoms with Crippen LogP contribution in [-0.2, 0) is 0 Å². The zero-order valence-corrected chi connectivity index (χ0v) is 11.7. The Morgan fingerprint density at radius 2 is 2.05 bits per heavy atom. The van der Waals surface area contributed by atoms with Gasteiger partial charge >= 0.3 is 6.03 Å². The molecule has 2 rings (SSSR count). The number of nitrogens with zero attached hydrogens (tertiary/aromatic N) is 1. The Hall–Kier alpha value is -1.55. The number of amides is 2. The standard InChI is InChI=1S/C15H23N3O/c1-11(16)13-6-8-14(9-7-13)17-15(19)18(2)10-12-4-3-5-12/h6-9,11-12H,3-5,10,16H2,1-2H3,(H,17,19). The van der Waals surface area contributed by atoms with Gasteiger partial charge < -0.3 is 16.0 Å². The molecule has 0 radical (unpaired) electrons. The molecule has 0 saturated heterocycles. The molecule has 19 heavy (non-hydrogen) atoms. The van der Waals surface area contributed by atoms with Gasteiger partial charge in [0.2, 0.25) is 0 Å². The lowest BCUT2D eigenvalue weighted by atomic mass is 9.85. The summed E-state index contributed by atoms with van der Waals surface area (Å²) in [5.41, 5.74) is 7.68. The molecule has 1 aromatic rings. The smallest absolute Gasteiger partial charge is 0.321 e. The summed E-state index contributed by atoms with van der Waals surface area (Å²) in [6.07, 6.45) is 3.81. The van der Waals surface area contributed by atoms with Crippen molar-refractivity contribution < 1.29 is 4.79 Å². The highest BCUT2D eigenvalue weighted by Gasteiger charge is 2.21. The number of urea groups is 1. The second-order valence-electron chi connectivity index (χ2n) is 5.52. The molecule has 0 heterocycles. The van der Waals surface area contributed by atoms with Gasteiger partial charge in [0, 0.05) is 25.3 Å². The van der Waals surface area contributed by atoms with E-state index in [1.165, 1.54) is 19.3 Å². The molecule has 1 aliphatic carbocycles. The number of benzene rings is 1. The van der Waals surface area contributed by atoms with Crippen LogP contribution in [0, 0.1) is 5.92 Å². The van der Waals surface area contributed by atoms with Crippen molar-refractivity contribution in [3.05, 3.63) is 29.8 Å². The monoisotopic (exact) mass is 261 g/mol. The van der Waals surface area contributed by atoms with Crippen molar-refractivity contribution in [3.63, 3.8) is 0 Å².